The van der Waals surface area contributed by atoms with Gasteiger partial charge in [0.05, 0.1) is 17.1 Å². The van der Waals surface area contributed by atoms with E-state index in [0.29, 0.717) is 6.04 Å². The van der Waals surface area contributed by atoms with E-state index in [-0.39, 0.29) is 0 Å². The van der Waals surface area contributed by atoms with Crippen LogP contribution < -0.4 is 5.32 Å². The van der Waals surface area contributed by atoms with Crippen molar-refractivity contribution < 1.29 is 0 Å². The molecule has 0 fully saturated rings. The van der Waals surface area contributed by atoms with Crippen LogP contribution in [-0.4, -0.2) is 15.8 Å². The lowest BCUT2D eigenvalue weighted by Gasteiger charge is -2.08. The van der Waals surface area contributed by atoms with Gasteiger partial charge in [-0.2, -0.15) is 5.10 Å². The molecule has 0 atom stereocenters. The largest absolute Gasteiger partial charge is 0.309 e. The van der Waals surface area contributed by atoms with E-state index in [9.17, 15) is 0 Å². The van der Waals surface area contributed by atoms with Gasteiger partial charge in [0.25, 0.3) is 0 Å². The van der Waals surface area contributed by atoms with E-state index in [1.165, 1.54) is 11.1 Å². The Morgan fingerprint density at radius 2 is 1.57 bits per heavy atom. The Kier molecular flexibility index (Phi) is 4.58. The third-order valence-electron chi connectivity index (χ3n) is 3.95. The molecule has 0 spiro atoms. The number of aromatic nitrogens is 2. The molecule has 3 rings (SSSR count). The third kappa shape index (κ3) is 3.35. The van der Waals surface area contributed by atoms with Crippen molar-refractivity contribution in [1.29, 1.82) is 0 Å². The van der Waals surface area contributed by atoms with Crippen LogP contribution in [0.15, 0.2) is 60.7 Å². The van der Waals surface area contributed by atoms with Crippen LogP contribution in [0.2, 0.25) is 0 Å². The fourth-order valence-electron chi connectivity index (χ4n) is 2.70. The second-order valence-corrected chi connectivity index (χ2v) is 6.07. The van der Waals surface area contributed by atoms with Gasteiger partial charge in [0, 0.05) is 18.2 Å². The van der Waals surface area contributed by atoms with E-state index in [0.717, 1.165) is 23.6 Å². The van der Waals surface area contributed by atoms with Gasteiger partial charge in [-0.05, 0) is 24.6 Å². The molecule has 0 aliphatic rings. The number of hydrogen-bond donors (Lipinski definition) is 1. The molecule has 0 aliphatic carbocycles. The van der Waals surface area contributed by atoms with Gasteiger partial charge >= 0.3 is 0 Å². The molecule has 2 aromatic carbocycles. The second-order valence-electron chi connectivity index (χ2n) is 6.07. The van der Waals surface area contributed by atoms with Crippen LogP contribution in [0.3, 0.4) is 0 Å². The Hall–Kier alpha value is -2.39. The molecule has 0 bridgehead atoms. The molecule has 0 saturated heterocycles. The lowest BCUT2D eigenvalue weighted by atomic mass is 10.1. The number of nitrogens with zero attached hydrogens (tertiary/aromatic N) is 2. The Balaban J connectivity index is 2.11. The first-order chi connectivity index (χ1) is 11.2. The molecule has 0 amide bonds. The van der Waals surface area contributed by atoms with Crippen LogP contribution in [0.25, 0.3) is 16.9 Å². The van der Waals surface area contributed by atoms with Crippen molar-refractivity contribution in [3.05, 3.63) is 71.9 Å². The lowest BCUT2D eigenvalue weighted by Crippen LogP contribution is -2.22. The van der Waals surface area contributed by atoms with Crippen molar-refractivity contribution in [1.82, 2.24) is 15.1 Å². The summed E-state index contributed by atoms with van der Waals surface area (Å²) < 4.78 is 2.06. The molecule has 0 saturated carbocycles. The van der Waals surface area contributed by atoms with Crippen LogP contribution in [0.5, 0.6) is 0 Å². The first-order valence-corrected chi connectivity index (χ1v) is 8.09. The van der Waals surface area contributed by atoms with E-state index in [2.05, 4.69) is 67.2 Å². The molecule has 23 heavy (non-hydrogen) atoms. The smallest absolute Gasteiger partial charge is 0.0802 e. The summed E-state index contributed by atoms with van der Waals surface area (Å²) in [5.74, 6) is 0. The normalized spacial score (nSPS) is 11.1. The summed E-state index contributed by atoms with van der Waals surface area (Å²) in [5.41, 5.74) is 5.77. The fraction of sp³-hybridized carbons (Fsp3) is 0.250. The lowest BCUT2D eigenvalue weighted by molar-refractivity contribution is 0.577. The van der Waals surface area contributed by atoms with Crippen LogP contribution in [-0.2, 0) is 6.54 Å². The molecule has 3 nitrogen and oxygen atoms in total. The maximum atomic E-state index is 4.88. The highest BCUT2D eigenvalue weighted by atomic mass is 15.3. The quantitative estimate of drug-likeness (QED) is 0.759. The summed E-state index contributed by atoms with van der Waals surface area (Å²) in [4.78, 5) is 0. The molecule has 1 N–H and O–H groups in total. The SMILES string of the molecule is Cc1c(CNC(C)C)nn(-c2ccccc2)c1-c1ccccc1. The Bertz CT molecular complexity index is 758. The predicted octanol–water partition coefficient (Wildman–Crippen LogP) is 4.35. The fourth-order valence-corrected chi connectivity index (χ4v) is 2.70. The minimum absolute atomic E-state index is 0.441. The summed E-state index contributed by atoms with van der Waals surface area (Å²) in [6, 6.07) is 21.2. The van der Waals surface area contributed by atoms with Gasteiger partial charge in [-0.3, -0.25) is 0 Å². The summed E-state index contributed by atoms with van der Waals surface area (Å²) in [6.07, 6.45) is 0. The van der Waals surface area contributed by atoms with Gasteiger partial charge in [0.1, 0.15) is 0 Å². The van der Waals surface area contributed by atoms with E-state index in [1.807, 2.05) is 24.3 Å². The van der Waals surface area contributed by atoms with Crippen LogP contribution >= 0.6 is 0 Å². The number of para-hydroxylation sites is 1. The molecular formula is C20H23N3. The van der Waals surface area contributed by atoms with Gasteiger partial charge in [0.2, 0.25) is 0 Å². The van der Waals surface area contributed by atoms with Gasteiger partial charge in [-0.1, -0.05) is 62.4 Å². The molecule has 0 aliphatic heterocycles. The zero-order chi connectivity index (χ0) is 16.2. The van der Waals surface area contributed by atoms with Crippen molar-refractivity contribution in [2.45, 2.75) is 33.4 Å². The molecule has 0 unspecified atom stereocenters. The highest BCUT2D eigenvalue weighted by Crippen LogP contribution is 2.28. The zero-order valence-corrected chi connectivity index (χ0v) is 14.0. The first-order valence-electron chi connectivity index (χ1n) is 8.09. The number of rotatable bonds is 5. The van der Waals surface area contributed by atoms with Crippen molar-refractivity contribution in [3.63, 3.8) is 0 Å². The second kappa shape index (κ2) is 6.80. The number of benzene rings is 2. The average Bonchev–Trinajstić information content (AvgIpc) is 2.91. The minimum Gasteiger partial charge on any atom is -0.309 e. The molecular weight excluding hydrogens is 282 g/mol. The van der Waals surface area contributed by atoms with Crippen molar-refractivity contribution in [2.75, 3.05) is 0 Å². The zero-order valence-electron chi connectivity index (χ0n) is 14.0. The van der Waals surface area contributed by atoms with Crippen LogP contribution in [0.1, 0.15) is 25.1 Å². The highest BCUT2D eigenvalue weighted by molar-refractivity contribution is 5.66. The van der Waals surface area contributed by atoms with Gasteiger partial charge in [-0.25, -0.2) is 4.68 Å². The molecule has 1 aromatic heterocycles. The number of nitrogens with one attached hydrogen (secondary N) is 1. The summed E-state index contributed by atoms with van der Waals surface area (Å²) >= 11 is 0. The highest BCUT2D eigenvalue weighted by Gasteiger charge is 2.17. The molecule has 3 aromatic rings. The minimum atomic E-state index is 0.441. The molecule has 3 heteroatoms. The van der Waals surface area contributed by atoms with Gasteiger partial charge in [0.15, 0.2) is 0 Å². The maximum absolute atomic E-state index is 4.88. The molecule has 118 valence electrons. The number of hydrogen-bond acceptors (Lipinski definition) is 2. The molecule has 0 radical (unpaired) electrons. The standard InChI is InChI=1S/C20H23N3/c1-15(2)21-14-19-16(3)20(17-10-6-4-7-11-17)23(22-19)18-12-8-5-9-13-18/h4-13,15,21H,14H2,1-3H3. The van der Waals surface area contributed by atoms with Gasteiger partial charge in [-0.15, -0.1) is 0 Å². The summed E-state index contributed by atoms with van der Waals surface area (Å²) in [7, 11) is 0. The Labute approximate surface area is 138 Å². The third-order valence-corrected chi connectivity index (χ3v) is 3.95. The van der Waals surface area contributed by atoms with E-state index < -0.39 is 0 Å². The van der Waals surface area contributed by atoms with Crippen LogP contribution in [0, 0.1) is 6.92 Å². The van der Waals surface area contributed by atoms with Crippen LogP contribution in [0.4, 0.5) is 0 Å². The monoisotopic (exact) mass is 305 g/mol. The predicted molar refractivity (Wildman–Crippen MR) is 95.7 cm³/mol. The summed E-state index contributed by atoms with van der Waals surface area (Å²) in [6.45, 7) is 7.25. The van der Waals surface area contributed by atoms with Crippen molar-refractivity contribution in [2.24, 2.45) is 0 Å². The first kappa shape index (κ1) is 15.5. The van der Waals surface area contributed by atoms with Gasteiger partial charge < -0.3 is 5.32 Å². The Morgan fingerprint density at radius 3 is 2.17 bits per heavy atom. The molecule has 1 heterocycles. The van der Waals surface area contributed by atoms with Crippen molar-refractivity contribution in [3.8, 4) is 16.9 Å². The average molecular weight is 305 g/mol. The maximum Gasteiger partial charge on any atom is 0.0802 e. The summed E-state index contributed by atoms with van der Waals surface area (Å²) in [5, 5.41) is 8.35. The van der Waals surface area contributed by atoms with E-state index in [1.54, 1.807) is 0 Å². The topological polar surface area (TPSA) is 29.9 Å². The van der Waals surface area contributed by atoms with Crippen molar-refractivity contribution >= 4 is 0 Å². The Morgan fingerprint density at radius 1 is 0.957 bits per heavy atom. The van der Waals surface area contributed by atoms with E-state index >= 15 is 0 Å². The van der Waals surface area contributed by atoms with E-state index in [4.69, 9.17) is 5.10 Å².